The fourth-order valence-corrected chi connectivity index (χ4v) is 1.56. The molecule has 0 aliphatic heterocycles. The molecule has 1 unspecified atom stereocenters. The van der Waals surface area contributed by atoms with Gasteiger partial charge in [0.25, 0.3) is 0 Å². The summed E-state index contributed by atoms with van der Waals surface area (Å²) in [7, 11) is 0. The summed E-state index contributed by atoms with van der Waals surface area (Å²) >= 11 is 0. The van der Waals surface area contributed by atoms with Crippen molar-refractivity contribution in [2.45, 2.75) is 5.92 Å². The predicted molar refractivity (Wildman–Crippen MR) is 54.0 cm³/mol. The molecule has 0 amide bonds. The normalized spacial score (nSPS) is 20.7. The first-order valence-electron chi connectivity index (χ1n) is 4.45. The quantitative estimate of drug-likeness (QED) is 0.731. The third-order valence-electron chi connectivity index (χ3n) is 2.24. The molecular formula is C12H10O2. The zero-order valence-electron chi connectivity index (χ0n) is 7.55. The lowest BCUT2D eigenvalue weighted by Gasteiger charge is -2.15. The molecule has 2 heteroatoms. The van der Waals surface area contributed by atoms with Crippen LogP contribution in [0.2, 0.25) is 0 Å². The Kier molecular flexibility index (Phi) is 2.19. The Labute approximate surface area is 82.2 Å². The van der Waals surface area contributed by atoms with E-state index in [1.54, 1.807) is 12.2 Å². The van der Waals surface area contributed by atoms with Crippen LogP contribution in [0.4, 0.5) is 0 Å². The summed E-state index contributed by atoms with van der Waals surface area (Å²) in [6.07, 6.45) is 4.60. The van der Waals surface area contributed by atoms with E-state index in [1.807, 2.05) is 30.3 Å². The molecule has 0 saturated carbocycles. The summed E-state index contributed by atoms with van der Waals surface area (Å²) in [5.41, 5.74) is 0.829. The number of hydrogen-bond donors (Lipinski definition) is 1. The van der Waals surface area contributed by atoms with Crippen molar-refractivity contribution in [3.63, 3.8) is 0 Å². The lowest BCUT2D eigenvalue weighted by atomic mass is 9.90. The van der Waals surface area contributed by atoms with Gasteiger partial charge in [0.1, 0.15) is 11.7 Å². The van der Waals surface area contributed by atoms with Crippen LogP contribution in [0.25, 0.3) is 0 Å². The van der Waals surface area contributed by atoms with Crippen LogP contribution in [-0.4, -0.2) is 10.9 Å². The van der Waals surface area contributed by atoms with Crippen molar-refractivity contribution in [2.75, 3.05) is 0 Å². The SMILES string of the molecule is O=C1C=CC=C(O)C1c1ccccc1. The summed E-state index contributed by atoms with van der Waals surface area (Å²) < 4.78 is 0. The number of benzene rings is 1. The van der Waals surface area contributed by atoms with Crippen LogP contribution in [-0.2, 0) is 4.79 Å². The molecule has 2 rings (SSSR count). The standard InChI is InChI=1S/C12H10O2/c13-10-7-4-8-11(14)12(10)9-5-2-1-3-6-9/h1-8,12-13H. The molecule has 0 radical (unpaired) electrons. The third-order valence-corrected chi connectivity index (χ3v) is 2.24. The first-order chi connectivity index (χ1) is 6.79. The second-order valence-electron chi connectivity index (χ2n) is 3.20. The highest BCUT2D eigenvalue weighted by Crippen LogP contribution is 2.26. The number of hydrogen-bond acceptors (Lipinski definition) is 2. The smallest absolute Gasteiger partial charge is 0.170 e. The van der Waals surface area contributed by atoms with Crippen LogP contribution in [0.1, 0.15) is 11.5 Å². The average molecular weight is 186 g/mol. The van der Waals surface area contributed by atoms with Gasteiger partial charge < -0.3 is 5.11 Å². The first-order valence-corrected chi connectivity index (χ1v) is 4.45. The van der Waals surface area contributed by atoms with Crippen molar-refractivity contribution in [3.8, 4) is 0 Å². The van der Waals surface area contributed by atoms with Gasteiger partial charge in [0, 0.05) is 0 Å². The Bertz CT molecular complexity index is 402. The van der Waals surface area contributed by atoms with Crippen LogP contribution in [0, 0.1) is 0 Å². The first kappa shape index (κ1) is 8.75. The minimum atomic E-state index is -0.513. The van der Waals surface area contributed by atoms with Gasteiger partial charge in [-0.3, -0.25) is 4.79 Å². The molecule has 1 aliphatic rings. The number of aliphatic hydroxyl groups is 1. The highest BCUT2D eigenvalue weighted by Gasteiger charge is 2.23. The molecule has 70 valence electrons. The van der Waals surface area contributed by atoms with Gasteiger partial charge in [0.15, 0.2) is 5.78 Å². The molecule has 0 aromatic heterocycles. The van der Waals surface area contributed by atoms with E-state index in [0.29, 0.717) is 0 Å². The van der Waals surface area contributed by atoms with Crippen molar-refractivity contribution in [1.82, 2.24) is 0 Å². The molecule has 0 bridgehead atoms. The predicted octanol–water partition coefficient (Wildman–Crippen LogP) is 2.35. The van der Waals surface area contributed by atoms with E-state index >= 15 is 0 Å². The zero-order chi connectivity index (χ0) is 9.97. The minimum absolute atomic E-state index is 0.0730. The average Bonchev–Trinajstić information content (AvgIpc) is 2.19. The van der Waals surface area contributed by atoms with E-state index in [1.165, 1.54) is 6.08 Å². The van der Waals surface area contributed by atoms with Gasteiger partial charge >= 0.3 is 0 Å². The molecule has 1 aromatic rings. The highest BCUT2D eigenvalue weighted by molar-refractivity contribution is 5.98. The Morgan fingerprint density at radius 1 is 1.14 bits per heavy atom. The summed E-state index contributed by atoms with van der Waals surface area (Å²) in [5.74, 6) is -0.471. The molecule has 0 fully saturated rings. The van der Waals surface area contributed by atoms with E-state index in [0.717, 1.165) is 5.56 Å². The van der Waals surface area contributed by atoms with Crippen molar-refractivity contribution < 1.29 is 9.90 Å². The second kappa shape index (κ2) is 3.50. The van der Waals surface area contributed by atoms with Crippen LogP contribution in [0.15, 0.2) is 54.3 Å². The van der Waals surface area contributed by atoms with Gasteiger partial charge in [0.2, 0.25) is 0 Å². The van der Waals surface area contributed by atoms with E-state index < -0.39 is 5.92 Å². The number of carbonyl (C=O) groups excluding carboxylic acids is 1. The van der Waals surface area contributed by atoms with Gasteiger partial charge in [-0.15, -0.1) is 0 Å². The topological polar surface area (TPSA) is 37.3 Å². The van der Waals surface area contributed by atoms with Crippen molar-refractivity contribution in [2.24, 2.45) is 0 Å². The maximum atomic E-state index is 11.5. The fourth-order valence-electron chi connectivity index (χ4n) is 1.56. The van der Waals surface area contributed by atoms with Crippen LogP contribution in [0.3, 0.4) is 0 Å². The van der Waals surface area contributed by atoms with Crippen LogP contribution >= 0.6 is 0 Å². The lowest BCUT2D eigenvalue weighted by Crippen LogP contribution is -2.14. The van der Waals surface area contributed by atoms with Crippen molar-refractivity contribution in [1.29, 1.82) is 0 Å². The van der Waals surface area contributed by atoms with E-state index in [-0.39, 0.29) is 11.5 Å². The van der Waals surface area contributed by atoms with Gasteiger partial charge in [-0.05, 0) is 17.7 Å². The molecule has 2 nitrogen and oxygen atoms in total. The molecule has 0 saturated heterocycles. The maximum Gasteiger partial charge on any atom is 0.170 e. The van der Waals surface area contributed by atoms with Gasteiger partial charge in [-0.1, -0.05) is 36.4 Å². The lowest BCUT2D eigenvalue weighted by molar-refractivity contribution is -0.115. The number of ketones is 1. The molecule has 1 aromatic carbocycles. The molecule has 1 N–H and O–H groups in total. The number of carbonyl (C=O) groups is 1. The fraction of sp³-hybridized carbons (Fsp3) is 0.0833. The van der Waals surface area contributed by atoms with Gasteiger partial charge in [-0.25, -0.2) is 0 Å². The van der Waals surface area contributed by atoms with Crippen LogP contribution < -0.4 is 0 Å². The van der Waals surface area contributed by atoms with Gasteiger partial charge in [-0.2, -0.15) is 0 Å². The minimum Gasteiger partial charge on any atom is -0.511 e. The van der Waals surface area contributed by atoms with Gasteiger partial charge in [0.05, 0.1) is 0 Å². The highest BCUT2D eigenvalue weighted by atomic mass is 16.3. The second-order valence-corrected chi connectivity index (χ2v) is 3.20. The summed E-state index contributed by atoms with van der Waals surface area (Å²) in [5, 5.41) is 9.58. The Hall–Kier alpha value is -1.83. The third kappa shape index (κ3) is 1.46. The molecule has 1 atom stereocenters. The number of allylic oxidation sites excluding steroid dienone is 4. The largest absolute Gasteiger partial charge is 0.511 e. The van der Waals surface area contributed by atoms with Crippen LogP contribution in [0.5, 0.6) is 0 Å². The zero-order valence-corrected chi connectivity index (χ0v) is 7.55. The summed E-state index contributed by atoms with van der Waals surface area (Å²) in [4.78, 5) is 11.5. The Morgan fingerprint density at radius 2 is 1.86 bits per heavy atom. The molecule has 0 spiro atoms. The summed E-state index contributed by atoms with van der Waals surface area (Å²) in [6.45, 7) is 0. The van der Waals surface area contributed by atoms with Crippen molar-refractivity contribution >= 4 is 5.78 Å². The number of aliphatic hydroxyl groups excluding tert-OH is 1. The van der Waals surface area contributed by atoms with E-state index in [4.69, 9.17) is 0 Å². The molecular weight excluding hydrogens is 176 g/mol. The Morgan fingerprint density at radius 3 is 2.50 bits per heavy atom. The van der Waals surface area contributed by atoms with E-state index in [2.05, 4.69) is 0 Å². The monoisotopic (exact) mass is 186 g/mol. The Balaban J connectivity index is 2.40. The number of rotatable bonds is 1. The molecule has 0 heterocycles. The van der Waals surface area contributed by atoms with Crippen molar-refractivity contribution in [3.05, 3.63) is 59.9 Å². The molecule has 1 aliphatic carbocycles. The van der Waals surface area contributed by atoms with E-state index in [9.17, 15) is 9.90 Å². The maximum absolute atomic E-state index is 11.5. The summed E-state index contributed by atoms with van der Waals surface area (Å²) in [6, 6.07) is 9.27. The molecule has 14 heavy (non-hydrogen) atoms.